The Morgan fingerprint density at radius 2 is 1.10 bits per heavy atom. The summed E-state index contributed by atoms with van der Waals surface area (Å²) in [5.74, 6) is 2.97. The van der Waals surface area contributed by atoms with E-state index in [1.807, 2.05) is 42.9 Å². The summed E-state index contributed by atoms with van der Waals surface area (Å²) in [6.07, 6.45) is 22.2. The summed E-state index contributed by atoms with van der Waals surface area (Å²) < 4.78 is 10.9. The predicted octanol–water partition coefficient (Wildman–Crippen LogP) is 8.67. The lowest BCUT2D eigenvalue weighted by atomic mass is 10.0. The van der Waals surface area contributed by atoms with Crippen molar-refractivity contribution >= 4 is 62.4 Å². The lowest BCUT2D eigenvalue weighted by Crippen LogP contribution is -2.36. The van der Waals surface area contributed by atoms with Crippen LogP contribution in [0.25, 0.3) is 44.3 Å². The molecule has 0 atom stereocenters. The quantitative estimate of drug-likeness (QED) is 0.147. The Balaban J connectivity index is 0.000000130. The number of fused-ring (bicyclic) bond motifs is 2. The monoisotopic (exact) mass is 914 g/mol. The van der Waals surface area contributed by atoms with Gasteiger partial charge in [0.1, 0.15) is 24.3 Å². The number of nitrogens with zero attached hydrogens (tertiary/aromatic N) is 12. The highest BCUT2D eigenvalue weighted by Crippen LogP contribution is 2.45. The highest BCUT2D eigenvalue weighted by Gasteiger charge is 2.30. The molecule has 12 rings (SSSR count). The molecule has 10 heterocycles. The van der Waals surface area contributed by atoms with E-state index in [0.29, 0.717) is 30.7 Å². The maximum absolute atomic E-state index is 6.32. The van der Waals surface area contributed by atoms with E-state index in [-0.39, 0.29) is 0 Å². The number of nitrogens with one attached hydrogen (secondary N) is 1. The van der Waals surface area contributed by atoms with Crippen LogP contribution in [-0.4, -0.2) is 102 Å². The third kappa shape index (κ3) is 9.92. The molecule has 2 saturated heterocycles. The zero-order valence-corrected chi connectivity index (χ0v) is 38.3. The van der Waals surface area contributed by atoms with Crippen molar-refractivity contribution in [2.24, 2.45) is 0 Å². The molecule has 4 aliphatic rings. The average Bonchev–Trinajstić information content (AvgIpc) is 4.34. The minimum Gasteiger partial charge on any atom is -0.398 e. The summed E-state index contributed by atoms with van der Waals surface area (Å²) in [5.41, 5.74) is 18.6. The third-order valence-electron chi connectivity index (χ3n) is 12.4. The summed E-state index contributed by atoms with van der Waals surface area (Å²) >= 11 is 6.32. The molecule has 0 unspecified atom stereocenters. The number of hydrogen-bond donors (Lipinski definition) is 2. The second-order valence-electron chi connectivity index (χ2n) is 17.0. The van der Waals surface area contributed by atoms with Crippen molar-refractivity contribution in [3.63, 3.8) is 0 Å². The van der Waals surface area contributed by atoms with Gasteiger partial charge in [-0.05, 0) is 74.9 Å². The van der Waals surface area contributed by atoms with Gasteiger partial charge in [-0.15, -0.1) is 0 Å². The largest absolute Gasteiger partial charge is 0.398 e. The predicted molar refractivity (Wildman–Crippen MR) is 262 cm³/mol. The van der Waals surface area contributed by atoms with Gasteiger partial charge in [-0.3, -0.25) is 0 Å². The number of hydrogen-bond acceptors (Lipinski definition) is 16. The van der Waals surface area contributed by atoms with Gasteiger partial charge in [0.15, 0.2) is 11.3 Å². The third-order valence-corrected chi connectivity index (χ3v) is 12.9. The van der Waals surface area contributed by atoms with E-state index in [4.69, 9.17) is 36.8 Å². The number of halogens is 1. The second-order valence-corrected chi connectivity index (χ2v) is 17.4. The molecule has 3 N–H and O–H groups in total. The maximum atomic E-state index is 6.32. The van der Waals surface area contributed by atoms with E-state index in [1.165, 1.54) is 37.6 Å². The molecule has 0 spiro atoms. The average molecular weight is 916 g/mol. The van der Waals surface area contributed by atoms with Crippen LogP contribution < -0.4 is 20.9 Å². The van der Waals surface area contributed by atoms with Gasteiger partial charge in [0.2, 0.25) is 0 Å². The molecule has 2 aliphatic carbocycles. The van der Waals surface area contributed by atoms with Crippen LogP contribution in [0.2, 0.25) is 5.02 Å². The normalized spacial score (nSPS) is 15.9. The molecule has 8 aromatic rings. The highest BCUT2D eigenvalue weighted by atomic mass is 35.5. The second kappa shape index (κ2) is 19.8. The van der Waals surface area contributed by atoms with E-state index in [0.717, 1.165) is 129 Å². The van der Waals surface area contributed by atoms with Crippen molar-refractivity contribution < 1.29 is 9.47 Å². The Morgan fingerprint density at radius 3 is 1.66 bits per heavy atom. The molecule has 67 heavy (non-hydrogen) atoms. The Labute approximate surface area is 393 Å². The van der Waals surface area contributed by atoms with E-state index in [1.54, 1.807) is 37.3 Å². The lowest BCUT2D eigenvalue weighted by Gasteiger charge is -2.28. The molecule has 17 heteroatoms. The Morgan fingerprint density at radius 1 is 0.612 bits per heavy atom. The number of morpholine rings is 2. The molecule has 2 aliphatic heterocycles. The number of pyridine rings is 6. The molecule has 0 aromatic carbocycles. The van der Waals surface area contributed by atoms with Crippen LogP contribution in [0.4, 0.5) is 28.7 Å². The van der Waals surface area contributed by atoms with Gasteiger partial charge in [0, 0.05) is 138 Å². The van der Waals surface area contributed by atoms with Crippen molar-refractivity contribution in [1.29, 1.82) is 0 Å². The summed E-state index contributed by atoms with van der Waals surface area (Å²) in [6.45, 7) is 10.4. The summed E-state index contributed by atoms with van der Waals surface area (Å²) in [4.78, 5) is 48.4. The van der Waals surface area contributed by atoms with Crippen LogP contribution in [0.15, 0.2) is 98.6 Å². The minimum atomic E-state index is 0.528. The molecule has 0 bridgehead atoms. The molecular formula is C50H51ClN14O2. The Bertz CT molecular complexity index is 3000. The first-order chi connectivity index (χ1) is 32.9. The van der Waals surface area contributed by atoms with E-state index in [2.05, 4.69) is 81.0 Å². The van der Waals surface area contributed by atoms with Crippen LogP contribution >= 0.6 is 11.6 Å². The van der Waals surface area contributed by atoms with E-state index < -0.39 is 0 Å². The first-order valence-electron chi connectivity index (χ1n) is 22.7. The summed E-state index contributed by atoms with van der Waals surface area (Å²) in [6, 6.07) is 11.9. The number of nitrogens with two attached hydrogens (primary N) is 1. The topological polar surface area (TPSA) is 192 Å². The van der Waals surface area contributed by atoms with Gasteiger partial charge >= 0.3 is 0 Å². The Kier molecular flexibility index (Phi) is 13.0. The SMILES string of the molecule is Cc1c(C2CC2)nc2ncccc2c1Cl.Cc1c(C2CC2)nc2ncccc2c1Nc1cc(N2CCOCC2)ncc1-c1cncnc1.Nc1cc(N2CCOCC2)ncc1-c1cncnc1. The van der Waals surface area contributed by atoms with E-state index in [9.17, 15) is 0 Å². The molecule has 340 valence electrons. The molecule has 0 radical (unpaired) electrons. The fourth-order valence-corrected chi connectivity index (χ4v) is 8.71. The smallest absolute Gasteiger partial charge is 0.161 e. The number of nitrogen functional groups attached to an aromatic ring is 1. The summed E-state index contributed by atoms with van der Waals surface area (Å²) in [7, 11) is 0. The van der Waals surface area contributed by atoms with Crippen molar-refractivity contribution in [3.8, 4) is 22.3 Å². The van der Waals surface area contributed by atoms with E-state index >= 15 is 0 Å². The molecule has 2 saturated carbocycles. The maximum Gasteiger partial charge on any atom is 0.161 e. The molecule has 8 aromatic heterocycles. The summed E-state index contributed by atoms with van der Waals surface area (Å²) in [5, 5.41) is 6.54. The number of rotatable bonds is 8. The fourth-order valence-electron chi connectivity index (χ4n) is 8.47. The first-order valence-corrected chi connectivity index (χ1v) is 23.1. The van der Waals surface area contributed by atoms with Crippen LogP contribution in [-0.2, 0) is 9.47 Å². The van der Waals surface area contributed by atoms with Crippen LogP contribution in [0.5, 0.6) is 0 Å². The zero-order valence-electron chi connectivity index (χ0n) is 37.5. The molecule has 4 fully saturated rings. The fraction of sp³-hybridized carbons (Fsp3) is 0.320. The molecule has 16 nitrogen and oxygen atoms in total. The van der Waals surface area contributed by atoms with Gasteiger partial charge in [-0.2, -0.15) is 0 Å². The minimum absolute atomic E-state index is 0.528. The van der Waals surface area contributed by atoms with Gasteiger partial charge in [-0.1, -0.05) is 11.6 Å². The van der Waals surface area contributed by atoms with Gasteiger partial charge in [-0.25, -0.2) is 49.8 Å². The molecular weight excluding hydrogens is 864 g/mol. The van der Waals surface area contributed by atoms with Crippen molar-refractivity contribution in [3.05, 3.63) is 126 Å². The molecule has 0 amide bonds. The van der Waals surface area contributed by atoms with Crippen molar-refractivity contribution in [2.45, 2.75) is 51.4 Å². The zero-order chi connectivity index (χ0) is 45.7. The first kappa shape index (κ1) is 43.9. The van der Waals surface area contributed by atoms with Gasteiger partial charge in [0.05, 0.1) is 54.2 Å². The van der Waals surface area contributed by atoms with Gasteiger partial charge in [0.25, 0.3) is 0 Å². The van der Waals surface area contributed by atoms with Crippen LogP contribution in [0.1, 0.15) is 60.0 Å². The Hall–Kier alpha value is -7.01. The van der Waals surface area contributed by atoms with Crippen molar-refractivity contribution in [1.82, 2.24) is 49.8 Å². The highest BCUT2D eigenvalue weighted by molar-refractivity contribution is 6.36. The lowest BCUT2D eigenvalue weighted by molar-refractivity contribution is 0.122. The number of ether oxygens (including phenoxy) is 2. The van der Waals surface area contributed by atoms with Crippen molar-refractivity contribution in [2.75, 3.05) is 73.5 Å². The van der Waals surface area contributed by atoms with Crippen LogP contribution in [0, 0.1) is 13.8 Å². The van der Waals surface area contributed by atoms with Crippen LogP contribution in [0.3, 0.4) is 0 Å². The number of anilines is 5. The standard InChI is InChI=1S/C25H25N7O.C13H15N5O.C12H11ClN2/c1-16-23(17-4-5-17)31-25-19(3-2-6-28-25)24(16)30-21-11-22(32-7-9-33-10-8-32)29-14-20(21)18-12-26-15-27-13-18;14-12-5-13(18-1-3-19-4-2-18)17-8-11(12)10-6-15-9-16-7-10;1-7-10(13)9-3-2-6-14-12(9)15-11(7)8-4-5-8/h2-3,6,11-15,17H,4-5,7-10H2,1H3,(H,28,29,30,31);5-9H,1-4H2,(H2,14,17);2-3,6,8H,4-5H2,1H3. The number of aromatic nitrogens is 10. The van der Waals surface area contributed by atoms with Gasteiger partial charge < -0.3 is 30.3 Å².